The number of esters is 2. The van der Waals surface area contributed by atoms with Crippen LogP contribution in [-0.2, 0) is 27.3 Å². The summed E-state index contributed by atoms with van der Waals surface area (Å²) < 4.78 is 18.0. The van der Waals surface area contributed by atoms with Gasteiger partial charge in [-0.05, 0) is 84.2 Å². The highest BCUT2D eigenvalue weighted by Gasteiger charge is 2.27. The molecule has 2 aliphatic rings. The first-order chi connectivity index (χ1) is 20.4. The number of ether oxygens (including phenoxy) is 3. The molecule has 1 N–H and O–H groups in total. The van der Waals surface area contributed by atoms with Crippen molar-refractivity contribution in [2.75, 3.05) is 40.4 Å². The number of likely N-dealkylation sites (tertiary alicyclic amines) is 1. The van der Waals surface area contributed by atoms with Crippen molar-refractivity contribution in [3.8, 4) is 0 Å². The fourth-order valence-electron chi connectivity index (χ4n) is 5.02. The van der Waals surface area contributed by atoms with Crippen LogP contribution in [0.25, 0.3) is 0 Å². The molecule has 0 unspecified atom stereocenters. The lowest BCUT2D eigenvalue weighted by Gasteiger charge is -2.33. The number of amides is 1. The average molecular weight is 644 g/mol. The fourth-order valence-corrected chi connectivity index (χ4v) is 5.47. The SMILES string of the molecule is COC(=O)c1cc(Cl)n(CCC2CCN(C(=O)OC(C)(C)C)CC2)n1.COC(=O)c1cc(Cl)n(CCC2CCNCC2)n1. The van der Waals surface area contributed by atoms with Gasteiger partial charge in [-0.15, -0.1) is 0 Å². The van der Waals surface area contributed by atoms with Gasteiger partial charge in [0, 0.05) is 38.3 Å². The zero-order valence-electron chi connectivity index (χ0n) is 25.7. The number of halogens is 2. The molecule has 4 heterocycles. The first-order valence-electron chi connectivity index (χ1n) is 14.7. The topological polar surface area (TPSA) is 130 Å². The normalized spacial score (nSPS) is 16.3. The third-order valence-corrected chi connectivity index (χ3v) is 8.08. The van der Waals surface area contributed by atoms with Gasteiger partial charge in [0.05, 0.1) is 14.2 Å². The molecule has 0 atom stereocenters. The summed E-state index contributed by atoms with van der Waals surface area (Å²) in [6.07, 6.45) is 5.92. The molecular weight excluding hydrogens is 599 g/mol. The van der Waals surface area contributed by atoms with E-state index in [0.29, 0.717) is 41.8 Å². The lowest BCUT2D eigenvalue weighted by Crippen LogP contribution is -2.41. The van der Waals surface area contributed by atoms with Crippen molar-refractivity contribution in [2.45, 2.75) is 78.0 Å². The zero-order chi connectivity index (χ0) is 31.6. The number of hydrogen-bond donors (Lipinski definition) is 1. The molecule has 0 radical (unpaired) electrons. The Kier molecular flexibility index (Phi) is 13.1. The lowest BCUT2D eigenvalue weighted by molar-refractivity contribution is 0.0179. The molecule has 0 bridgehead atoms. The Bertz CT molecular complexity index is 1210. The van der Waals surface area contributed by atoms with Gasteiger partial charge in [-0.3, -0.25) is 9.36 Å². The third kappa shape index (κ3) is 11.0. The van der Waals surface area contributed by atoms with Crippen LogP contribution in [0.5, 0.6) is 0 Å². The van der Waals surface area contributed by atoms with Gasteiger partial charge in [-0.25, -0.2) is 14.4 Å². The number of methoxy groups -OCH3 is 2. The fraction of sp³-hybridized carbons (Fsp3) is 0.690. The van der Waals surface area contributed by atoms with Crippen molar-refractivity contribution in [2.24, 2.45) is 11.8 Å². The summed E-state index contributed by atoms with van der Waals surface area (Å²) in [6, 6.07) is 3.06. The number of aryl methyl sites for hydroxylation is 2. The molecule has 0 aromatic carbocycles. The maximum absolute atomic E-state index is 12.1. The highest BCUT2D eigenvalue weighted by molar-refractivity contribution is 6.30. The largest absolute Gasteiger partial charge is 0.464 e. The first kappa shape index (κ1) is 34.7. The van der Waals surface area contributed by atoms with Gasteiger partial charge in [0.1, 0.15) is 15.9 Å². The first-order valence-corrected chi connectivity index (χ1v) is 15.5. The molecule has 14 heteroatoms. The number of carbonyl (C=O) groups excluding carboxylic acids is 3. The van der Waals surface area contributed by atoms with E-state index >= 15 is 0 Å². The van der Waals surface area contributed by atoms with E-state index in [1.807, 2.05) is 20.8 Å². The number of hydrogen-bond acceptors (Lipinski definition) is 9. The molecule has 240 valence electrons. The van der Waals surface area contributed by atoms with E-state index < -0.39 is 17.5 Å². The molecule has 2 aromatic heterocycles. The minimum absolute atomic E-state index is 0.215. The van der Waals surface area contributed by atoms with Crippen molar-refractivity contribution >= 4 is 41.2 Å². The Balaban J connectivity index is 0.000000248. The molecule has 0 aliphatic carbocycles. The predicted molar refractivity (Wildman–Crippen MR) is 163 cm³/mol. The summed E-state index contributed by atoms with van der Waals surface area (Å²) in [7, 11) is 2.65. The van der Waals surface area contributed by atoms with E-state index in [1.54, 1.807) is 20.3 Å². The number of nitrogens with one attached hydrogen (secondary N) is 1. The van der Waals surface area contributed by atoms with Crippen molar-refractivity contribution in [3.05, 3.63) is 33.8 Å². The summed E-state index contributed by atoms with van der Waals surface area (Å²) >= 11 is 12.2. The molecule has 1 amide bonds. The Morgan fingerprint density at radius 3 is 1.70 bits per heavy atom. The monoisotopic (exact) mass is 642 g/mol. The quantitative estimate of drug-likeness (QED) is 0.310. The summed E-state index contributed by atoms with van der Waals surface area (Å²) in [5.41, 5.74) is 0.0160. The van der Waals surface area contributed by atoms with E-state index in [2.05, 4.69) is 25.0 Å². The highest BCUT2D eigenvalue weighted by Crippen LogP contribution is 2.24. The Morgan fingerprint density at radius 2 is 1.28 bits per heavy atom. The van der Waals surface area contributed by atoms with Crippen molar-refractivity contribution < 1.29 is 28.6 Å². The van der Waals surface area contributed by atoms with E-state index in [0.717, 1.165) is 45.3 Å². The molecule has 0 spiro atoms. The van der Waals surface area contributed by atoms with E-state index in [1.165, 1.54) is 33.1 Å². The van der Waals surface area contributed by atoms with Gasteiger partial charge < -0.3 is 24.4 Å². The number of piperidine rings is 2. The van der Waals surface area contributed by atoms with Crippen LogP contribution >= 0.6 is 23.2 Å². The molecule has 2 aliphatic heterocycles. The van der Waals surface area contributed by atoms with Crippen LogP contribution in [0.2, 0.25) is 10.3 Å². The third-order valence-electron chi connectivity index (χ3n) is 7.47. The van der Waals surface area contributed by atoms with Crippen LogP contribution in [0.4, 0.5) is 4.79 Å². The van der Waals surface area contributed by atoms with Gasteiger partial charge in [-0.2, -0.15) is 10.2 Å². The molecular formula is C29H44Cl2N6O6. The van der Waals surface area contributed by atoms with Gasteiger partial charge in [0.25, 0.3) is 0 Å². The maximum atomic E-state index is 12.1. The predicted octanol–water partition coefficient (Wildman–Crippen LogP) is 5.07. The lowest BCUT2D eigenvalue weighted by atomic mass is 9.94. The molecule has 43 heavy (non-hydrogen) atoms. The van der Waals surface area contributed by atoms with Crippen LogP contribution in [-0.4, -0.2) is 88.5 Å². The molecule has 0 saturated carbocycles. The smallest absolute Gasteiger partial charge is 0.410 e. The number of nitrogens with zero attached hydrogens (tertiary/aromatic N) is 5. The minimum Gasteiger partial charge on any atom is -0.464 e. The second kappa shape index (κ2) is 16.3. The van der Waals surface area contributed by atoms with Gasteiger partial charge >= 0.3 is 18.0 Å². The van der Waals surface area contributed by atoms with Crippen LogP contribution < -0.4 is 5.32 Å². The van der Waals surface area contributed by atoms with Crippen molar-refractivity contribution in [1.82, 2.24) is 29.8 Å². The van der Waals surface area contributed by atoms with Crippen LogP contribution in [0.15, 0.2) is 12.1 Å². The second-order valence-corrected chi connectivity index (χ2v) is 12.6. The number of rotatable bonds is 8. The molecule has 2 saturated heterocycles. The van der Waals surface area contributed by atoms with Gasteiger partial charge in [-0.1, -0.05) is 23.2 Å². The van der Waals surface area contributed by atoms with Crippen molar-refractivity contribution in [1.29, 1.82) is 0 Å². The highest BCUT2D eigenvalue weighted by atomic mass is 35.5. The van der Waals surface area contributed by atoms with Crippen LogP contribution in [0, 0.1) is 11.8 Å². The minimum atomic E-state index is -0.494. The molecule has 2 fully saturated rings. The van der Waals surface area contributed by atoms with Gasteiger partial charge in [0.15, 0.2) is 11.4 Å². The Morgan fingerprint density at radius 1 is 0.837 bits per heavy atom. The van der Waals surface area contributed by atoms with E-state index in [-0.39, 0.29) is 17.5 Å². The number of aromatic nitrogens is 4. The standard InChI is InChI=1S/C17H26ClN3O4.C12H18ClN3O2/c1-17(2,3)25-16(23)20-8-5-12(6-9-20)7-10-21-14(18)11-13(19-21)15(22)24-4;1-18-12(17)10-8-11(13)16(15-10)7-4-9-2-5-14-6-3-9/h11-12H,5-10H2,1-4H3;8-9,14H,2-7H2,1H3. The molecule has 2 aromatic rings. The number of carbonyl (C=O) groups is 3. The maximum Gasteiger partial charge on any atom is 0.410 e. The summed E-state index contributed by atoms with van der Waals surface area (Å²) in [5.74, 6) is 0.262. The van der Waals surface area contributed by atoms with Gasteiger partial charge in [0.2, 0.25) is 0 Å². The average Bonchev–Trinajstić information content (AvgIpc) is 3.55. The van der Waals surface area contributed by atoms with E-state index in [9.17, 15) is 14.4 Å². The summed E-state index contributed by atoms with van der Waals surface area (Å²) in [5, 5.41) is 12.6. The van der Waals surface area contributed by atoms with Crippen LogP contribution in [0.1, 0.15) is 80.3 Å². The molecule has 4 rings (SSSR count). The molecule has 12 nitrogen and oxygen atoms in total. The Labute approximate surface area is 263 Å². The Hall–Kier alpha value is -2.83. The summed E-state index contributed by atoms with van der Waals surface area (Å²) in [6.45, 7) is 10.6. The second-order valence-electron chi connectivity index (χ2n) is 11.8. The van der Waals surface area contributed by atoms with E-state index in [4.69, 9.17) is 27.9 Å². The van der Waals surface area contributed by atoms with Crippen molar-refractivity contribution in [3.63, 3.8) is 0 Å². The summed E-state index contributed by atoms with van der Waals surface area (Å²) in [4.78, 5) is 36.6. The van der Waals surface area contributed by atoms with Crippen LogP contribution in [0.3, 0.4) is 0 Å². The zero-order valence-corrected chi connectivity index (χ0v) is 27.2.